The van der Waals surface area contributed by atoms with Crippen molar-refractivity contribution in [2.24, 2.45) is 5.92 Å². The number of rotatable bonds is 8. The first-order valence-electron chi connectivity index (χ1n) is 8.56. The maximum atomic E-state index is 12.8. The molecule has 0 spiro atoms. The van der Waals surface area contributed by atoms with Crippen LogP contribution in [0.1, 0.15) is 55.1 Å². The van der Waals surface area contributed by atoms with Gasteiger partial charge in [-0.05, 0) is 55.8 Å². The minimum absolute atomic E-state index is 0.0200. The first kappa shape index (κ1) is 17.7. The summed E-state index contributed by atoms with van der Waals surface area (Å²) in [6, 6.07) is 5.43. The van der Waals surface area contributed by atoms with Crippen LogP contribution in [0.5, 0.6) is 0 Å². The molecule has 1 atom stereocenters. The average Bonchev–Trinajstić information content (AvgIpc) is 2.98. The number of hydrogen-bond donors (Lipinski definition) is 1. The number of carbonyl (C=O) groups excluding carboxylic acids is 2. The molecular formula is C19H27NO3. The molecule has 4 heteroatoms. The molecule has 126 valence electrons. The SMILES string of the molecule is CCOC(=O)CC(NCC(C)C)C(=O)c1ccc2c(c1)CCC2. The van der Waals surface area contributed by atoms with Crippen molar-refractivity contribution in [2.75, 3.05) is 13.2 Å². The zero-order chi connectivity index (χ0) is 16.8. The van der Waals surface area contributed by atoms with E-state index in [-0.39, 0.29) is 18.2 Å². The summed E-state index contributed by atoms with van der Waals surface area (Å²) in [7, 11) is 0. The van der Waals surface area contributed by atoms with Gasteiger partial charge in [-0.15, -0.1) is 0 Å². The summed E-state index contributed by atoms with van der Waals surface area (Å²) >= 11 is 0. The summed E-state index contributed by atoms with van der Waals surface area (Å²) < 4.78 is 5.01. The van der Waals surface area contributed by atoms with Crippen molar-refractivity contribution in [3.63, 3.8) is 0 Å². The second-order valence-electron chi connectivity index (χ2n) is 6.57. The Morgan fingerprint density at radius 1 is 1.22 bits per heavy atom. The number of benzene rings is 1. The molecule has 0 saturated carbocycles. The smallest absolute Gasteiger partial charge is 0.307 e. The van der Waals surface area contributed by atoms with Gasteiger partial charge in [0.15, 0.2) is 5.78 Å². The molecule has 1 aromatic carbocycles. The number of fused-ring (bicyclic) bond motifs is 1. The zero-order valence-corrected chi connectivity index (χ0v) is 14.4. The van der Waals surface area contributed by atoms with Gasteiger partial charge in [-0.3, -0.25) is 9.59 Å². The number of hydrogen-bond acceptors (Lipinski definition) is 4. The molecule has 0 amide bonds. The van der Waals surface area contributed by atoms with Crippen molar-refractivity contribution in [1.82, 2.24) is 5.32 Å². The fourth-order valence-electron chi connectivity index (χ4n) is 2.95. The first-order valence-corrected chi connectivity index (χ1v) is 8.56. The van der Waals surface area contributed by atoms with Crippen LogP contribution in [0.25, 0.3) is 0 Å². The lowest BCUT2D eigenvalue weighted by Crippen LogP contribution is -2.40. The van der Waals surface area contributed by atoms with Crippen LogP contribution in [0.3, 0.4) is 0 Å². The van der Waals surface area contributed by atoms with Gasteiger partial charge in [-0.2, -0.15) is 0 Å². The summed E-state index contributed by atoms with van der Waals surface area (Å²) in [6.07, 6.45) is 3.38. The van der Waals surface area contributed by atoms with Crippen molar-refractivity contribution in [3.05, 3.63) is 34.9 Å². The molecule has 23 heavy (non-hydrogen) atoms. The van der Waals surface area contributed by atoms with Gasteiger partial charge in [0.2, 0.25) is 0 Å². The molecule has 0 radical (unpaired) electrons. The minimum Gasteiger partial charge on any atom is -0.466 e. The second-order valence-corrected chi connectivity index (χ2v) is 6.57. The molecule has 0 fully saturated rings. The Hall–Kier alpha value is -1.68. The van der Waals surface area contributed by atoms with Gasteiger partial charge in [-0.1, -0.05) is 26.0 Å². The number of carbonyl (C=O) groups is 2. The fourth-order valence-corrected chi connectivity index (χ4v) is 2.95. The summed E-state index contributed by atoms with van der Waals surface area (Å²) in [5.74, 6) is 0.0594. The van der Waals surface area contributed by atoms with Gasteiger partial charge >= 0.3 is 5.97 Å². The Morgan fingerprint density at radius 2 is 1.96 bits per heavy atom. The normalized spacial score (nSPS) is 14.6. The Kier molecular flexibility index (Phi) is 6.34. The Balaban J connectivity index is 2.12. The number of nitrogens with one attached hydrogen (secondary N) is 1. The van der Waals surface area contributed by atoms with Gasteiger partial charge in [-0.25, -0.2) is 0 Å². The van der Waals surface area contributed by atoms with Crippen LogP contribution in [0.2, 0.25) is 0 Å². The van der Waals surface area contributed by atoms with E-state index in [2.05, 4.69) is 25.2 Å². The highest BCUT2D eigenvalue weighted by atomic mass is 16.5. The van der Waals surface area contributed by atoms with Gasteiger partial charge in [0.1, 0.15) is 0 Å². The molecule has 0 heterocycles. The number of ether oxygens (including phenoxy) is 1. The highest BCUT2D eigenvalue weighted by Crippen LogP contribution is 2.23. The van der Waals surface area contributed by atoms with E-state index < -0.39 is 6.04 Å². The van der Waals surface area contributed by atoms with Crippen molar-refractivity contribution in [2.45, 2.75) is 52.5 Å². The van der Waals surface area contributed by atoms with Crippen molar-refractivity contribution in [1.29, 1.82) is 0 Å². The van der Waals surface area contributed by atoms with Crippen LogP contribution < -0.4 is 5.32 Å². The maximum absolute atomic E-state index is 12.8. The van der Waals surface area contributed by atoms with Crippen molar-refractivity contribution >= 4 is 11.8 Å². The average molecular weight is 317 g/mol. The third kappa shape index (κ3) is 4.90. The highest BCUT2D eigenvalue weighted by Gasteiger charge is 2.24. The first-order chi connectivity index (χ1) is 11.0. The van der Waals surface area contributed by atoms with E-state index in [9.17, 15) is 9.59 Å². The van der Waals surface area contributed by atoms with E-state index in [0.29, 0.717) is 24.6 Å². The molecule has 2 rings (SSSR count). The fraction of sp³-hybridized carbons (Fsp3) is 0.579. The molecule has 1 unspecified atom stereocenters. The van der Waals surface area contributed by atoms with Crippen LogP contribution in [0.4, 0.5) is 0 Å². The summed E-state index contributed by atoms with van der Waals surface area (Å²) in [5, 5.41) is 3.22. The lowest BCUT2D eigenvalue weighted by Gasteiger charge is -2.19. The third-order valence-corrected chi connectivity index (χ3v) is 4.15. The maximum Gasteiger partial charge on any atom is 0.307 e. The lowest BCUT2D eigenvalue weighted by atomic mass is 9.97. The van der Waals surface area contributed by atoms with Crippen LogP contribution in [-0.4, -0.2) is 30.9 Å². The van der Waals surface area contributed by atoms with Gasteiger partial charge in [0.05, 0.1) is 19.1 Å². The predicted molar refractivity (Wildman–Crippen MR) is 90.7 cm³/mol. The van der Waals surface area contributed by atoms with E-state index in [1.165, 1.54) is 11.1 Å². The van der Waals surface area contributed by atoms with Gasteiger partial charge < -0.3 is 10.1 Å². The molecule has 0 aromatic heterocycles. The molecule has 1 aliphatic rings. The second kappa shape index (κ2) is 8.25. The number of aryl methyl sites for hydroxylation is 2. The van der Waals surface area contributed by atoms with Crippen LogP contribution in [0.15, 0.2) is 18.2 Å². The van der Waals surface area contributed by atoms with Gasteiger partial charge in [0, 0.05) is 5.56 Å². The Labute approximate surface area is 138 Å². The largest absolute Gasteiger partial charge is 0.466 e. The summed E-state index contributed by atoms with van der Waals surface area (Å²) in [4.78, 5) is 24.6. The number of Topliss-reactive ketones (excluding diaryl/α,β-unsaturated/α-hetero) is 1. The van der Waals surface area contributed by atoms with Crippen LogP contribution >= 0.6 is 0 Å². The van der Waals surface area contributed by atoms with E-state index in [1.54, 1.807) is 6.92 Å². The molecule has 0 bridgehead atoms. The molecule has 0 aliphatic heterocycles. The van der Waals surface area contributed by atoms with E-state index in [0.717, 1.165) is 19.3 Å². The quantitative estimate of drug-likeness (QED) is 0.592. The van der Waals surface area contributed by atoms with Crippen molar-refractivity contribution in [3.8, 4) is 0 Å². The van der Waals surface area contributed by atoms with E-state index in [4.69, 9.17) is 4.74 Å². The molecule has 1 aliphatic carbocycles. The summed E-state index contributed by atoms with van der Waals surface area (Å²) in [5.41, 5.74) is 3.31. The van der Waals surface area contributed by atoms with E-state index in [1.807, 2.05) is 12.1 Å². The molecule has 4 nitrogen and oxygen atoms in total. The number of ketones is 1. The minimum atomic E-state index is -0.518. The van der Waals surface area contributed by atoms with Gasteiger partial charge in [0.25, 0.3) is 0 Å². The zero-order valence-electron chi connectivity index (χ0n) is 14.4. The molecule has 1 aromatic rings. The Bertz CT molecular complexity index is 566. The van der Waals surface area contributed by atoms with E-state index >= 15 is 0 Å². The monoisotopic (exact) mass is 317 g/mol. The van der Waals surface area contributed by atoms with Crippen molar-refractivity contribution < 1.29 is 14.3 Å². The Morgan fingerprint density at radius 3 is 2.65 bits per heavy atom. The molecular weight excluding hydrogens is 290 g/mol. The third-order valence-electron chi connectivity index (χ3n) is 4.15. The van der Waals surface area contributed by atoms with Crippen LogP contribution in [-0.2, 0) is 22.4 Å². The molecule has 1 N–H and O–H groups in total. The standard InChI is InChI=1S/C19H27NO3/c1-4-23-18(21)11-17(20-12-13(2)3)19(22)16-9-8-14-6-5-7-15(14)10-16/h8-10,13,17,20H,4-7,11-12H2,1-3H3. The number of esters is 1. The summed E-state index contributed by atoms with van der Waals surface area (Å²) in [6.45, 7) is 6.96. The lowest BCUT2D eigenvalue weighted by molar-refractivity contribution is -0.143. The van der Waals surface area contributed by atoms with Crippen LogP contribution in [0, 0.1) is 5.92 Å². The molecule has 0 saturated heterocycles. The highest BCUT2D eigenvalue weighted by molar-refractivity contribution is 6.02. The topological polar surface area (TPSA) is 55.4 Å². The predicted octanol–water partition coefficient (Wildman–Crippen LogP) is 2.93.